The van der Waals surface area contributed by atoms with Crippen LogP contribution >= 0.6 is 11.6 Å². The molecule has 1 aliphatic heterocycles. The number of anilines is 1. The van der Waals surface area contributed by atoms with Gasteiger partial charge in [-0.05, 0) is 44.0 Å². The zero-order valence-electron chi connectivity index (χ0n) is 11.8. The van der Waals surface area contributed by atoms with Crippen LogP contribution in [0.25, 0.3) is 0 Å². The van der Waals surface area contributed by atoms with Gasteiger partial charge in [-0.25, -0.2) is 4.79 Å². The molecule has 4 nitrogen and oxygen atoms in total. The lowest BCUT2D eigenvalue weighted by Crippen LogP contribution is -2.41. The highest BCUT2D eigenvalue weighted by Gasteiger charge is 2.13. The van der Waals surface area contributed by atoms with Gasteiger partial charge in [-0.3, -0.25) is 0 Å². The first-order valence-corrected chi connectivity index (χ1v) is 7.57. The summed E-state index contributed by atoms with van der Waals surface area (Å²) in [6.07, 6.45) is 4.84. The fourth-order valence-electron chi connectivity index (χ4n) is 2.39. The molecule has 1 heterocycles. The highest BCUT2D eigenvalue weighted by molar-refractivity contribution is 6.33. The first kappa shape index (κ1) is 15.1. The SMILES string of the molecule is Cc1ccc(Cl)c(NC(=O)NC[C@@H]2CCCCCN2)c1. The molecule has 1 aromatic carbocycles. The summed E-state index contributed by atoms with van der Waals surface area (Å²) >= 11 is 6.06. The van der Waals surface area contributed by atoms with E-state index >= 15 is 0 Å². The molecule has 110 valence electrons. The topological polar surface area (TPSA) is 53.2 Å². The van der Waals surface area contributed by atoms with Crippen molar-refractivity contribution < 1.29 is 4.79 Å². The summed E-state index contributed by atoms with van der Waals surface area (Å²) in [5, 5.41) is 9.71. The minimum Gasteiger partial charge on any atom is -0.336 e. The predicted octanol–water partition coefficient (Wildman–Crippen LogP) is 3.30. The van der Waals surface area contributed by atoms with Gasteiger partial charge in [0.05, 0.1) is 10.7 Å². The normalized spacial score (nSPS) is 19.2. The van der Waals surface area contributed by atoms with Gasteiger partial charge in [0, 0.05) is 12.6 Å². The number of amides is 2. The third kappa shape index (κ3) is 4.69. The van der Waals surface area contributed by atoms with E-state index in [1.54, 1.807) is 6.07 Å². The molecule has 0 unspecified atom stereocenters. The Morgan fingerprint density at radius 2 is 2.25 bits per heavy atom. The molecule has 3 N–H and O–H groups in total. The number of aryl methyl sites for hydroxylation is 1. The summed E-state index contributed by atoms with van der Waals surface area (Å²) in [5.41, 5.74) is 1.72. The number of benzene rings is 1. The predicted molar refractivity (Wildman–Crippen MR) is 83.5 cm³/mol. The third-order valence-corrected chi connectivity index (χ3v) is 3.87. The van der Waals surface area contributed by atoms with Gasteiger partial charge in [-0.2, -0.15) is 0 Å². The van der Waals surface area contributed by atoms with Gasteiger partial charge in [-0.1, -0.05) is 30.5 Å². The summed E-state index contributed by atoms with van der Waals surface area (Å²) in [6, 6.07) is 5.74. The Balaban J connectivity index is 1.81. The van der Waals surface area contributed by atoms with Crippen LogP contribution in [0.2, 0.25) is 5.02 Å². The fourth-order valence-corrected chi connectivity index (χ4v) is 2.56. The Kier molecular flexibility index (Phi) is 5.68. The Hall–Kier alpha value is -1.26. The molecule has 2 amide bonds. The maximum Gasteiger partial charge on any atom is 0.319 e. The van der Waals surface area contributed by atoms with Crippen molar-refractivity contribution in [2.45, 2.75) is 38.6 Å². The average molecular weight is 296 g/mol. The lowest BCUT2D eigenvalue weighted by atomic mass is 10.1. The summed E-state index contributed by atoms with van der Waals surface area (Å²) in [6.45, 7) is 3.65. The Bertz CT molecular complexity index is 456. The van der Waals surface area contributed by atoms with Crippen molar-refractivity contribution in [1.82, 2.24) is 10.6 Å². The van der Waals surface area contributed by atoms with Crippen LogP contribution in [-0.2, 0) is 0 Å². The molecule has 0 radical (unpaired) electrons. The zero-order valence-corrected chi connectivity index (χ0v) is 12.6. The zero-order chi connectivity index (χ0) is 14.4. The molecule has 1 saturated heterocycles. The van der Waals surface area contributed by atoms with E-state index in [0.29, 0.717) is 23.3 Å². The van der Waals surface area contributed by atoms with Gasteiger partial charge in [0.25, 0.3) is 0 Å². The molecule has 5 heteroatoms. The number of nitrogens with one attached hydrogen (secondary N) is 3. The smallest absolute Gasteiger partial charge is 0.319 e. The van der Waals surface area contributed by atoms with Crippen LogP contribution in [-0.4, -0.2) is 25.2 Å². The van der Waals surface area contributed by atoms with Gasteiger partial charge >= 0.3 is 6.03 Å². The Morgan fingerprint density at radius 1 is 1.40 bits per heavy atom. The van der Waals surface area contributed by atoms with Crippen molar-refractivity contribution in [2.24, 2.45) is 0 Å². The second kappa shape index (κ2) is 7.50. The van der Waals surface area contributed by atoms with Gasteiger partial charge in [0.15, 0.2) is 0 Å². The first-order valence-electron chi connectivity index (χ1n) is 7.19. The molecule has 20 heavy (non-hydrogen) atoms. The van der Waals surface area contributed by atoms with E-state index in [0.717, 1.165) is 18.5 Å². The van der Waals surface area contributed by atoms with Gasteiger partial charge < -0.3 is 16.0 Å². The van der Waals surface area contributed by atoms with Crippen molar-refractivity contribution in [3.05, 3.63) is 28.8 Å². The van der Waals surface area contributed by atoms with Gasteiger partial charge in [-0.15, -0.1) is 0 Å². The number of hydrogen-bond acceptors (Lipinski definition) is 2. The fraction of sp³-hybridized carbons (Fsp3) is 0.533. The maximum atomic E-state index is 11.9. The van der Waals surface area contributed by atoms with Crippen LogP contribution in [0, 0.1) is 6.92 Å². The molecule has 2 rings (SSSR count). The third-order valence-electron chi connectivity index (χ3n) is 3.54. The highest BCUT2D eigenvalue weighted by atomic mass is 35.5. The second-order valence-electron chi connectivity index (χ2n) is 5.32. The van der Waals surface area contributed by atoms with E-state index in [4.69, 9.17) is 11.6 Å². The van der Waals surface area contributed by atoms with E-state index in [2.05, 4.69) is 16.0 Å². The quantitative estimate of drug-likeness (QED) is 0.801. The van der Waals surface area contributed by atoms with Crippen LogP contribution in [0.3, 0.4) is 0 Å². The molecular formula is C15H22ClN3O. The molecule has 0 bridgehead atoms. The van der Waals surface area contributed by atoms with E-state index in [1.807, 2.05) is 19.1 Å². The number of carbonyl (C=O) groups excluding carboxylic acids is 1. The lowest BCUT2D eigenvalue weighted by molar-refractivity contribution is 0.250. The molecular weight excluding hydrogens is 274 g/mol. The highest BCUT2D eigenvalue weighted by Crippen LogP contribution is 2.22. The average Bonchev–Trinajstić information content (AvgIpc) is 2.69. The minimum atomic E-state index is -0.205. The molecule has 0 spiro atoms. The summed E-state index contributed by atoms with van der Waals surface area (Å²) in [5.74, 6) is 0. The number of rotatable bonds is 3. The number of carbonyl (C=O) groups is 1. The molecule has 1 atom stereocenters. The molecule has 0 saturated carbocycles. The van der Waals surface area contributed by atoms with E-state index in [-0.39, 0.29) is 6.03 Å². The summed E-state index contributed by atoms with van der Waals surface area (Å²) < 4.78 is 0. The number of hydrogen-bond donors (Lipinski definition) is 3. The molecule has 1 aliphatic rings. The number of urea groups is 1. The van der Waals surface area contributed by atoms with Gasteiger partial charge in [0.2, 0.25) is 0 Å². The van der Waals surface area contributed by atoms with Crippen molar-refractivity contribution in [1.29, 1.82) is 0 Å². The largest absolute Gasteiger partial charge is 0.336 e. The summed E-state index contributed by atoms with van der Waals surface area (Å²) in [7, 11) is 0. The maximum absolute atomic E-state index is 11.9. The van der Waals surface area contributed by atoms with Crippen molar-refractivity contribution in [2.75, 3.05) is 18.4 Å². The van der Waals surface area contributed by atoms with Crippen molar-refractivity contribution in [3.8, 4) is 0 Å². The molecule has 0 aromatic heterocycles. The van der Waals surface area contributed by atoms with Crippen molar-refractivity contribution in [3.63, 3.8) is 0 Å². The van der Waals surface area contributed by atoms with Crippen molar-refractivity contribution >= 4 is 23.3 Å². The van der Waals surface area contributed by atoms with Crippen LogP contribution in [0.4, 0.5) is 10.5 Å². The first-order chi connectivity index (χ1) is 9.65. The molecule has 1 aromatic rings. The van der Waals surface area contributed by atoms with E-state index < -0.39 is 0 Å². The monoisotopic (exact) mass is 295 g/mol. The summed E-state index contributed by atoms with van der Waals surface area (Å²) in [4.78, 5) is 11.9. The van der Waals surface area contributed by atoms with E-state index in [9.17, 15) is 4.79 Å². The second-order valence-corrected chi connectivity index (χ2v) is 5.73. The molecule has 0 aliphatic carbocycles. The van der Waals surface area contributed by atoms with Gasteiger partial charge in [0.1, 0.15) is 0 Å². The Labute approximate surface area is 125 Å². The van der Waals surface area contributed by atoms with Crippen LogP contribution in [0.15, 0.2) is 18.2 Å². The lowest BCUT2D eigenvalue weighted by Gasteiger charge is -2.17. The van der Waals surface area contributed by atoms with Crippen LogP contribution < -0.4 is 16.0 Å². The number of halogens is 1. The Morgan fingerprint density at radius 3 is 3.10 bits per heavy atom. The van der Waals surface area contributed by atoms with Crippen LogP contribution in [0.5, 0.6) is 0 Å². The minimum absolute atomic E-state index is 0.205. The standard InChI is InChI=1S/C15H22ClN3O/c1-11-6-7-13(16)14(9-11)19-15(20)18-10-12-5-3-2-4-8-17-12/h6-7,9,12,17H,2-5,8,10H2,1H3,(H2,18,19,20)/t12-/m0/s1. The van der Waals surface area contributed by atoms with Crippen LogP contribution in [0.1, 0.15) is 31.2 Å². The van der Waals surface area contributed by atoms with E-state index in [1.165, 1.54) is 19.3 Å². The molecule has 1 fully saturated rings.